The van der Waals surface area contributed by atoms with Crippen molar-refractivity contribution >= 4 is 11.5 Å². The van der Waals surface area contributed by atoms with Gasteiger partial charge in [-0.2, -0.15) is 0 Å². The molecule has 116 valence electrons. The van der Waals surface area contributed by atoms with Crippen LogP contribution in [-0.2, 0) is 0 Å². The predicted molar refractivity (Wildman–Crippen MR) is 83.3 cm³/mol. The first kappa shape index (κ1) is 15.8. The molecule has 2 unspecified atom stereocenters. The van der Waals surface area contributed by atoms with Gasteiger partial charge in [-0.3, -0.25) is 15.1 Å². The number of Topliss-reactive ketones (excluding diaryl/α,β-unsaturated/α-hetero) is 1. The Morgan fingerprint density at radius 1 is 1.43 bits per heavy atom. The molecule has 1 aliphatic heterocycles. The van der Waals surface area contributed by atoms with Gasteiger partial charge in [-0.15, -0.1) is 0 Å². The Bertz CT molecular complexity index is 501. The number of hydrogen-bond acceptors (Lipinski definition) is 4. The number of rotatable bonds is 6. The zero-order valence-electron chi connectivity index (χ0n) is 13.1. The van der Waals surface area contributed by atoms with Crippen LogP contribution in [0, 0.1) is 0 Å². The summed E-state index contributed by atoms with van der Waals surface area (Å²) in [5.41, 5.74) is 1.12. The van der Waals surface area contributed by atoms with Crippen LogP contribution in [-0.4, -0.2) is 23.1 Å². The number of nitrogens with zero attached hydrogens (tertiary/aromatic N) is 1. The van der Waals surface area contributed by atoms with Crippen molar-refractivity contribution in [1.82, 2.24) is 0 Å². The fourth-order valence-corrected chi connectivity index (χ4v) is 2.69. The number of carbonyl (C=O) groups is 1. The minimum Gasteiger partial charge on any atom is -0.491 e. The van der Waals surface area contributed by atoms with Gasteiger partial charge in [-0.1, -0.05) is 19.8 Å². The lowest BCUT2D eigenvalue weighted by atomic mass is 9.97. The van der Waals surface area contributed by atoms with E-state index in [0.717, 1.165) is 12.8 Å². The smallest absolute Gasteiger partial charge is 0.167 e. The van der Waals surface area contributed by atoms with Crippen LogP contribution in [0.1, 0.15) is 63.2 Å². The summed E-state index contributed by atoms with van der Waals surface area (Å²) >= 11 is 0. The summed E-state index contributed by atoms with van der Waals surface area (Å²) in [5.74, 6) is 0.782. The van der Waals surface area contributed by atoms with Crippen molar-refractivity contribution in [3.8, 4) is 5.75 Å². The van der Waals surface area contributed by atoms with Gasteiger partial charge in [-0.25, -0.2) is 0 Å². The van der Waals surface area contributed by atoms with Crippen LogP contribution in [0.4, 0.5) is 5.69 Å². The number of hydrogen-bond donors (Lipinski definition) is 1. The maximum absolute atomic E-state index is 12.0. The van der Waals surface area contributed by atoms with Gasteiger partial charge in [0.05, 0.1) is 17.8 Å². The topological polar surface area (TPSA) is 49.8 Å². The summed E-state index contributed by atoms with van der Waals surface area (Å²) in [7, 11) is 0. The highest BCUT2D eigenvalue weighted by atomic mass is 16.5. The minimum atomic E-state index is -0.192. The molecule has 1 aliphatic rings. The lowest BCUT2D eigenvalue weighted by Crippen LogP contribution is -2.37. The lowest BCUT2D eigenvalue weighted by Gasteiger charge is -2.31. The van der Waals surface area contributed by atoms with Gasteiger partial charge in [0.15, 0.2) is 5.78 Å². The monoisotopic (exact) mass is 291 g/mol. The molecule has 1 N–H and O–H groups in total. The fraction of sp³-hybridized carbons (Fsp3) is 0.588. The summed E-state index contributed by atoms with van der Waals surface area (Å²) in [6.07, 6.45) is 5.07. The van der Waals surface area contributed by atoms with Crippen molar-refractivity contribution in [2.24, 2.45) is 0 Å². The van der Waals surface area contributed by atoms with Crippen molar-refractivity contribution in [1.29, 1.82) is 0 Å². The molecule has 2 atom stereocenters. The summed E-state index contributed by atoms with van der Waals surface area (Å²) < 4.78 is 5.90. The molecule has 0 saturated heterocycles. The highest BCUT2D eigenvalue weighted by Gasteiger charge is 2.28. The highest BCUT2D eigenvalue weighted by molar-refractivity contribution is 6.03. The predicted octanol–water partition coefficient (Wildman–Crippen LogP) is 4.20. The number of ketones is 1. The van der Waals surface area contributed by atoms with Crippen LogP contribution in [0.2, 0.25) is 0 Å². The highest BCUT2D eigenvalue weighted by Crippen LogP contribution is 2.33. The van der Waals surface area contributed by atoms with E-state index in [1.165, 1.54) is 17.9 Å². The molecule has 0 radical (unpaired) electrons. The molecule has 0 spiro atoms. The number of fused-ring (bicyclic) bond motifs is 1. The van der Waals surface area contributed by atoms with Gasteiger partial charge in [0.1, 0.15) is 5.75 Å². The maximum Gasteiger partial charge on any atom is 0.167 e. The van der Waals surface area contributed by atoms with Gasteiger partial charge >= 0.3 is 0 Å². The van der Waals surface area contributed by atoms with Crippen molar-refractivity contribution in [2.75, 3.05) is 5.06 Å². The minimum absolute atomic E-state index is 0.0744. The maximum atomic E-state index is 12.0. The average molecular weight is 291 g/mol. The molecular formula is C17H25NO3. The quantitative estimate of drug-likeness (QED) is 0.798. The zero-order chi connectivity index (χ0) is 15.4. The van der Waals surface area contributed by atoms with Gasteiger partial charge < -0.3 is 4.74 Å². The number of anilines is 1. The zero-order valence-corrected chi connectivity index (χ0v) is 13.1. The van der Waals surface area contributed by atoms with E-state index in [0.29, 0.717) is 23.4 Å². The first-order chi connectivity index (χ1) is 10.0. The van der Waals surface area contributed by atoms with E-state index >= 15 is 0 Å². The summed E-state index contributed by atoms with van der Waals surface area (Å²) in [5, 5.41) is 11.3. The van der Waals surface area contributed by atoms with Crippen LogP contribution in [0.15, 0.2) is 18.2 Å². The van der Waals surface area contributed by atoms with Gasteiger partial charge in [-0.05, 0) is 38.8 Å². The van der Waals surface area contributed by atoms with Crippen molar-refractivity contribution in [3.05, 3.63) is 23.8 Å². The molecule has 1 aromatic rings. The Labute approximate surface area is 126 Å². The number of hydroxylamine groups is 1. The van der Waals surface area contributed by atoms with Crippen molar-refractivity contribution in [3.63, 3.8) is 0 Å². The molecule has 0 amide bonds. The molecule has 0 bridgehead atoms. The molecule has 0 aromatic heterocycles. The van der Waals surface area contributed by atoms with Crippen LogP contribution in [0.5, 0.6) is 5.75 Å². The first-order valence-electron chi connectivity index (χ1n) is 7.85. The second-order valence-corrected chi connectivity index (χ2v) is 5.92. The lowest BCUT2D eigenvalue weighted by molar-refractivity contribution is 0.0933. The molecule has 4 heteroatoms. The Morgan fingerprint density at radius 2 is 2.19 bits per heavy atom. The molecular weight excluding hydrogens is 266 g/mol. The van der Waals surface area contributed by atoms with E-state index < -0.39 is 0 Å². The number of benzene rings is 1. The average Bonchev–Trinajstić information content (AvgIpc) is 2.45. The molecule has 4 nitrogen and oxygen atoms in total. The van der Waals surface area contributed by atoms with Gasteiger partial charge in [0, 0.05) is 18.1 Å². The molecule has 1 aromatic carbocycles. The molecule has 0 fully saturated rings. The van der Waals surface area contributed by atoms with E-state index in [-0.39, 0.29) is 17.9 Å². The van der Waals surface area contributed by atoms with Crippen LogP contribution >= 0.6 is 0 Å². The van der Waals surface area contributed by atoms with Gasteiger partial charge in [0.25, 0.3) is 0 Å². The number of carbonyl (C=O) groups excluding carboxylic acids is 1. The van der Waals surface area contributed by atoms with Crippen molar-refractivity contribution in [2.45, 2.75) is 65.0 Å². The summed E-state index contributed by atoms with van der Waals surface area (Å²) in [6.45, 7) is 6.07. The Balaban J connectivity index is 2.08. The number of unbranched alkanes of at least 4 members (excludes halogenated alkanes) is 2. The summed E-state index contributed by atoms with van der Waals surface area (Å²) in [4.78, 5) is 12.0. The normalized spacial score (nSPS) is 19.3. The molecule has 0 aliphatic carbocycles. The van der Waals surface area contributed by atoms with E-state index in [4.69, 9.17) is 4.74 Å². The third-order valence-corrected chi connectivity index (χ3v) is 3.97. The van der Waals surface area contributed by atoms with Crippen LogP contribution < -0.4 is 9.80 Å². The van der Waals surface area contributed by atoms with E-state index in [9.17, 15) is 10.0 Å². The molecule has 1 heterocycles. The van der Waals surface area contributed by atoms with Crippen LogP contribution in [0.25, 0.3) is 0 Å². The third kappa shape index (κ3) is 3.76. The second-order valence-electron chi connectivity index (χ2n) is 5.92. The van der Waals surface area contributed by atoms with Crippen molar-refractivity contribution < 1.29 is 14.7 Å². The Morgan fingerprint density at radius 3 is 2.90 bits per heavy atom. The summed E-state index contributed by atoms with van der Waals surface area (Å²) in [6, 6.07) is 5.14. The van der Waals surface area contributed by atoms with E-state index in [1.807, 2.05) is 13.0 Å². The largest absolute Gasteiger partial charge is 0.491 e. The second kappa shape index (κ2) is 6.94. The fourth-order valence-electron chi connectivity index (χ4n) is 2.69. The van der Waals surface area contributed by atoms with Gasteiger partial charge in [0.2, 0.25) is 0 Å². The molecule has 2 rings (SSSR count). The first-order valence-corrected chi connectivity index (χ1v) is 7.85. The van der Waals surface area contributed by atoms with E-state index in [1.54, 1.807) is 12.1 Å². The Hall–Kier alpha value is -1.55. The SMILES string of the molecule is CCCCCC(C)Oc1ccc2c(c1)N(O)C(C)CC2=O. The molecule has 21 heavy (non-hydrogen) atoms. The molecule has 0 saturated carbocycles. The van der Waals surface area contributed by atoms with Crippen LogP contribution in [0.3, 0.4) is 0 Å². The standard InChI is InChI=1S/C17H25NO3/c1-4-5-6-7-13(3)21-14-8-9-15-16(11-14)18(20)12(2)10-17(15)19/h8-9,11-13,20H,4-7,10H2,1-3H3. The Kier molecular flexibility index (Phi) is 5.23. The number of ether oxygens (including phenoxy) is 1. The van der Waals surface area contributed by atoms with E-state index in [2.05, 4.69) is 13.8 Å². The third-order valence-electron chi connectivity index (χ3n) is 3.97.